The van der Waals surface area contributed by atoms with Crippen LogP contribution in [0.1, 0.15) is 25.1 Å². The number of amides is 1. The molecule has 7 nitrogen and oxygen atoms in total. The van der Waals surface area contributed by atoms with Gasteiger partial charge >= 0.3 is 0 Å². The van der Waals surface area contributed by atoms with Crippen LogP contribution in [0.5, 0.6) is 11.5 Å². The van der Waals surface area contributed by atoms with Crippen molar-refractivity contribution in [1.82, 2.24) is 9.78 Å². The number of rotatable bonds is 4. The zero-order valence-corrected chi connectivity index (χ0v) is 17.3. The Balaban J connectivity index is 1.55. The van der Waals surface area contributed by atoms with Crippen molar-refractivity contribution < 1.29 is 14.3 Å². The first-order valence-electron chi connectivity index (χ1n) is 9.68. The monoisotopic (exact) mass is 421 g/mol. The predicted octanol–water partition coefficient (Wildman–Crippen LogP) is 4.24. The summed E-state index contributed by atoms with van der Waals surface area (Å²) in [6.07, 6.45) is 0.427. The van der Waals surface area contributed by atoms with Crippen LogP contribution in [-0.2, 0) is 4.79 Å². The van der Waals surface area contributed by atoms with Crippen LogP contribution in [0.4, 0.5) is 5.69 Å². The van der Waals surface area contributed by atoms with Crippen LogP contribution in [0.3, 0.4) is 0 Å². The molecular formula is C22H19N3O4S. The molecule has 0 radical (unpaired) electrons. The summed E-state index contributed by atoms with van der Waals surface area (Å²) in [7, 11) is 0. The van der Waals surface area contributed by atoms with E-state index >= 15 is 0 Å². The van der Waals surface area contributed by atoms with Crippen molar-refractivity contribution in [1.29, 1.82) is 0 Å². The van der Waals surface area contributed by atoms with E-state index in [2.05, 4.69) is 10.4 Å². The van der Waals surface area contributed by atoms with Crippen molar-refractivity contribution in [3.05, 3.63) is 58.5 Å². The zero-order valence-electron chi connectivity index (χ0n) is 16.5. The number of carbonyl (C=O) groups is 1. The number of anilines is 1. The van der Waals surface area contributed by atoms with E-state index in [0.717, 1.165) is 20.5 Å². The summed E-state index contributed by atoms with van der Waals surface area (Å²) in [6.45, 7) is 3.90. The van der Waals surface area contributed by atoms with E-state index in [-0.39, 0.29) is 18.3 Å². The van der Waals surface area contributed by atoms with E-state index < -0.39 is 6.04 Å². The molecule has 1 atom stereocenters. The molecule has 1 aliphatic heterocycles. The number of aryl methyl sites for hydroxylation is 1. The SMILES string of the molecule is CC[C@H](C(=O)Nc1ccc2c(c1)OCO2)n1nc(C)c2sc3ccccc3c2c1=O. The van der Waals surface area contributed by atoms with E-state index in [0.29, 0.717) is 29.0 Å². The lowest BCUT2D eigenvalue weighted by Gasteiger charge is -2.18. The van der Waals surface area contributed by atoms with Crippen LogP contribution in [0.15, 0.2) is 47.3 Å². The Hall–Kier alpha value is -3.39. The van der Waals surface area contributed by atoms with E-state index in [1.165, 1.54) is 4.68 Å². The van der Waals surface area contributed by atoms with Crippen LogP contribution in [0.25, 0.3) is 20.2 Å². The van der Waals surface area contributed by atoms with E-state index in [1.807, 2.05) is 38.1 Å². The summed E-state index contributed by atoms with van der Waals surface area (Å²) in [5, 5.41) is 8.89. The Morgan fingerprint density at radius 3 is 2.87 bits per heavy atom. The van der Waals surface area contributed by atoms with Crippen molar-refractivity contribution >= 4 is 43.1 Å². The van der Waals surface area contributed by atoms with Crippen molar-refractivity contribution in [2.45, 2.75) is 26.3 Å². The molecule has 1 amide bonds. The highest BCUT2D eigenvalue weighted by molar-refractivity contribution is 7.26. The lowest BCUT2D eigenvalue weighted by atomic mass is 10.1. The fourth-order valence-electron chi connectivity index (χ4n) is 3.76. The first-order chi connectivity index (χ1) is 14.6. The van der Waals surface area contributed by atoms with Gasteiger partial charge in [-0.2, -0.15) is 5.10 Å². The highest BCUT2D eigenvalue weighted by Gasteiger charge is 2.25. The third-order valence-electron chi connectivity index (χ3n) is 5.23. The maximum atomic E-state index is 13.4. The maximum Gasteiger partial charge on any atom is 0.276 e. The van der Waals surface area contributed by atoms with Gasteiger partial charge in [-0.3, -0.25) is 9.59 Å². The molecular weight excluding hydrogens is 402 g/mol. The number of hydrogen-bond donors (Lipinski definition) is 1. The van der Waals surface area contributed by atoms with E-state index in [9.17, 15) is 9.59 Å². The number of carbonyl (C=O) groups excluding carboxylic acids is 1. The van der Waals surface area contributed by atoms with Crippen molar-refractivity contribution in [2.75, 3.05) is 12.1 Å². The standard InChI is InChI=1S/C22H19N3O4S/c1-3-15(21(26)23-13-8-9-16-17(10-13)29-11-28-16)25-22(27)19-14-6-4-5-7-18(14)30-20(19)12(2)24-25/h4-10,15H,3,11H2,1-2H3,(H,23,26)/t15-/m1/s1. The van der Waals surface area contributed by atoms with Crippen molar-refractivity contribution in [3.8, 4) is 11.5 Å². The minimum Gasteiger partial charge on any atom is -0.454 e. The number of benzene rings is 2. The number of hydrogen-bond acceptors (Lipinski definition) is 6. The Morgan fingerprint density at radius 2 is 2.03 bits per heavy atom. The average molecular weight is 421 g/mol. The second-order valence-corrected chi connectivity index (χ2v) is 8.17. The van der Waals surface area contributed by atoms with Crippen LogP contribution < -0.4 is 20.3 Å². The largest absolute Gasteiger partial charge is 0.454 e. The predicted molar refractivity (Wildman–Crippen MR) is 117 cm³/mol. The van der Waals surface area contributed by atoms with Gasteiger partial charge in [-0.15, -0.1) is 11.3 Å². The highest BCUT2D eigenvalue weighted by Crippen LogP contribution is 2.35. The number of aromatic nitrogens is 2. The summed E-state index contributed by atoms with van der Waals surface area (Å²) < 4.78 is 13.9. The van der Waals surface area contributed by atoms with E-state index in [4.69, 9.17) is 9.47 Å². The Kier molecular flexibility index (Phi) is 4.43. The van der Waals surface area contributed by atoms with E-state index in [1.54, 1.807) is 29.5 Å². The summed E-state index contributed by atoms with van der Waals surface area (Å²) in [4.78, 5) is 26.4. The molecule has 8 heteroatoms. The second-order valence-electron chi connectivity index (χ2n) is 7.12. The van der Waals surface area contributed by atoms with Gasteiger partial charge in [0.15, 0.2) is 11.5 Å². The second kappa shape index (κ2) is 7.14. The molecule has 0 saturated heterocycles. The van der Waals surface area contributed by atoms with Gasteiger partial charge in [0.2, 0.25) is 12.7 Å². The number of fused-ring (bicyclic) bond motifs is 4. The normalized spacial score (nSPS) is 13.7. The number of ether oxygens (including phenoxy) is 2. The third-order valence-corrected chi connectivity index (χ3v) is 6.51. The lowest BCUT2D eigenvalue weighted by Crippen LogP contribution is -2.35. The van der Waals surface area contributed by atoms with Gasteiger partial charge in [-0.1, -0.05) is 25.1 Å². The van der Waals surface area contributed by atoms with Crippen LogP contribution in [0.2, 0.25) is 0 Å². The van der Waals surface area contributed by atoms with Gasteiger partial charge in [-0.25, -0.2) is 4.68 Å². The fourth-order valence-corrected chi connectivity index (χ4v) is 4.89. The van der Waals surface area contributed by atoms with Crippen LogP contribution in [-0.4, -0.2) is 22.5 Å². The Morgan fingerprint density at radius 1 is 1.23 bits per heavy atom. The first-order valence-corrected chi connectivity index (χ1v) is 10.5. The van der Waals surface area contributed by atoms with Gasteiger partial charge in [0.25, 0.3) is 5.56 Å². The average Bonchev–Trinajstić information content (AvgIpc) is 3.36. The van der Waals surface area contributed by atoms with Gasteiger partial charge in [0.05, 0.1) is 15.8 Å². The molecule has 0 spiro atoms. The number of thiophene rings is 1. The topological polar surface area (TPSA) is 82.4 Å². The van der Waals surface area contributed by atoms with Crippen LogP contribution in [0, 0.1) is 6.92 Å². The summed E-state index contributed by atoms with van der Waals surface area (Å²) in [5.41, 5.74) is 1.07. The Bertz CT molecular complexity index is 1360. The zero-order chi connectivity index (χ0) is 20.8. The number of nitrogens with one attached hydrogen (secondary N) is 1. The summed E-state index contributed by atoms with van der Waals surface area (Å²) in [6, 6.07) is 12.3. The van der Waals surface area contributed by atoms with Gasteiger partial charge in [-0.05, 0) is 31.5 Å². The molecule has 2 aromatic carbocycles. The minimum absolute atomic E-state index is 0.164. The maximum absolute atomic E-state index is 13.4. The first kappa shape index (κ1) is 18.6. The van der Waals surface area contributed by atoms with Crippen molar-refractivity contribution in [3.63, 3.8) is 0 Å². The highest BCUT2D eigenvalue weighted by atomic mass is 32.1. The van der Waals surface area contributed by atoms with Crippen LogP contribution >= 0.6 is 11.3 Å². The minimum atomic E-state index is -0.732. The van der Waals surface area contributed by atoms with Gasteiger partial charge in [0, 0.05) is 21.8 Å². The molecule has 3 heterocycles. The molecule has 30 heavy (non-hydrogen) atoms. The van der Waals surface area contributed by atoms with Crippen molar-refractivity contribution in [2.24, 2.45) is 0 Å². The number of nitrogens with zero attached hydrogens (tertiary/aromatic N) is 2. The fraction of sp³-hybridized carbons (Fsp3) is 0.227. The summed E-state index contributed by atoms with van der Waals surface area (Å²) >= 11 is 1.55. The lowest BCUT2D eigenvalue weighted by molar-refractivity contribution is -0.119. The third kappa shape index (κ3) is 2.91. The molecule has 5 rings (SSSR count). The quantitative estimate of drug-likeness (QED) is 0.533. The van der Waals surface area contributed by atoms with Gasteiger partial charge in [0.1, 0.15) is 6.04 Å². The molecule has 1 aliphatic rings. The molecule has 4 aromatic rings. The molecule has 0 saturated carbocycles. The Labute approximate surface area is 175 Å². The molecule has 1 N–H and O–H groups in total. The molecule has 0 aliphatic carbocycles. The van der Waals surface area contributed by atoms with Gasteiger partial charge < -0.3 is 14.8 Å². The molecule has 0 fully saturated rings. The molecule has 0 unspecified atom stereocenters. The smallest absolute Gasteiger partial charge is 0.276 e. The molecule has 152 valence electrons. The molecule has 2 aromatic heterocycles. The summed E-state index contributed by atoms with van der Waals surface area (Å²) in [5.74, 6) is 0.922. The molecule has 0 bridgehead atoms.